The molecule has 1 aromatic carbocycles. The number of aromatic nitrogens is 3. The second-order valence-electron chi connectivity index (χ2n) is 5.56. The van der Waals surface area contributed by atoms with Crippen molar-refractivity contribution in [1.82, 2.24) is 14.5 Å². The Balaban J connectivity index is 2.08. The number of fused-ring (bicyclic) bond motifs is 1. The molecule has 22 heavy (non-hydrogen) atoms. The fourth-order valence-electron chi connectivity index (χ4n) is 2.23. The van der Waals surface area contributed by atoms with Gasteiger partial charge < -0.3 is 15.0 Å². The predicted octanol–water partition coefficient (Wildman–Crippen LogP) is 2.26. The maximum atomic E-state index is 11.9. The molecule has 2 aromatic heterocycles. The van der Waals surface area contributed by atoms with Crippen LogP contribution in [0.3, 0.4) is 0 Å². The van der Waals surface area contributed by atoms with Crippen LogP contribution in [0.5, 0.6) is 5.75 Å². The molecule has 0 atom stereocenters. The summed E-state index contributed by atoms with van der Waals surface area (Å²) in [5.74, 6) is 0.755. The number of nitrogens with zero attached hydrogens (tertiary/aromatic N) is 3. The Labute approximate surface area is 127 Å². The van der Waals surface area contributed by atoms with E-state index in [1.54, 1.807) is 6.20 Å². The molecule has 0 fully saturated rings. The summed E-state index contributed by atoms with van der Waals surface area (Å²) in [5, 5.41) is 9.34. The number of imidazole rings is 1. The second-order valence-corrected chi connectivity index (χ2v) is 5.56. The lowest BCUT2D eigenvalue weighted by Crippen LogP contribution is -2.26. The molecular formula is C16H18N4O2. The van der Waals surface area contributed by atoms with E-state index in [1.165, 1.54) is 16.7 Å². The van der Waals surface area contributed by atoms with Gasteiger partial charge in [-0.05, 0) is 38.1 Å². The van der Waals surface area contributed by atoms with E-state index < -0.39 is 0 Å². The van der Waals surface area contributed by atoms with Crippen molar-refractivity contribution in [3.05, 3.63) is 46.9 Å². The molecule has 6 heteroatoms. The zero-order chi connectivity index (χ0) is 15.9. The average Bonchev–Trinajstić information content (AvgIpc) is 2.89. The van der Waals surface area contributed by atoms with Crippen molar-refractivity contribution in [3.63, 3.8) is 0 Å². The molecule has 2 heterocycles. The molecule has 3 aromatic rings. The van der Waals surface area contributed by atoms with Crippen LogP contribution in [0.2, 0.25) is 0 Å². The van der Waals surface area contributed by atoms with Crippen LogP contribution >= 0.6 is 0 Å². The molecule has 0 unspecified atom stereocenters. The van der Waals surface area contributed by atoms with Crippen molar-refractivity contribution in [2.24, 2.45) is 0 Å². The van der Waals surface area contributed by atoms with Crippen LogP contribution in [0, 0.1) is 0 Å². The molecule has 0 amide bonds. The van der Waals surface area contributed by atoms with Crippen molar-refractivity contribution in [3.8, 4) is 11.4 Å². The van der Waals surface area contributed by atoms with Crippen LogP contribution in [-0.2, 0) is 0 Å². The standard InChI is InChI=1S/C16H18N4O2/c1-10(2)19(3)16-17-13-5-4-11(8-14(13)18-16)20-7-6-12(21)9-15(20)22/h4-10,21H,1-3H3,(H,17,18). The maximum absolute atomic E-state index is 11.9. The maximum Gasteiger partial charge on any atom is 0.258 e. The molecule has 3 rings (SSSR count). The lowest BCUT2D eigenvalue weighted by atomic mass is 10.2. The van der Waals surface area contributed by atoms with E-state index in [2.05, 4.69) is 23.8 Å². The summed E-state index contributed by atoms with van der Waals surface area (Å²) in [5.41, 5.74) is 2.15. The topological polar surface area (TPSA) is 74.2 Å². The minimum atomic E-state index is -0.279. The van der Waals surface area contributed by atoms with Gasteiger partial charge in [-0.25, -0.2) is 4.98 Å². The third-order valence-electron chi connectivity index (χ3n) is 3.74. The van der Waals surface area contributed by atoms with Crippen molar-refractivity contribution in [1.29, 1.82) is 0 Å². The van der Waals surface area contributed by atoms with Gasteiger partial charge in [-0.2, -0.15) is 0 Å². The molecule has 6 nitrogen and oxygen atoms in total. The van der Waals surface area contributed by atoms with Crippen molar-refractivity contribution in [2.75, 3.05) is 11.9 Å². The van der Waals surface area contributed by atoms with Gasteiger partial charge in [0.25, 0.3) is 5.56 Å². The van der Waals surface area contributed by atoms with E-state index in [0.717, 1.165) is 22.7 Å². The fourth-order valence-corrected chi connectivity index (χ4v) is 2.23. The van der Waals surface area contributed by atoms with Crippen molar-refractivity contribution >= 4 is 17.0 Å². The van der Waals surface area contributed by atoms with E-state index >= 15 is 0 Å². The number of aromatic amines is 1. The summed E-state index contributed by atoms with van der Waals surface area (Å²) < 4.78 is 1.48. The molecule has 0 radical (unpaired) electrons. The monoisotopic (exact) mass is 298 g/mol. The zero-order valence-corrected chi connectivity index (χ0v) is 12.7. The van der Waals surface area contributed by atoms with Gasteiger partial charge >= 0.3 is 0 Å². The highest BCUT2D eigenvalue weighted by molar-refractivity contribution is 5.80. The van der Waals surface area contributed by atoms with Crippen molar-refractivity contribution in [2.45, 2.75) is 19.9 Å². The van der Waals surface area contributed by atoms with Gasteiger partial charge in [0, 0.05) is 25.4 Å². The Morgan fingerprint density at radius 1 is 1.27 bits per heavy atom. The van der Waals surface area contributed by atoms with Crippen LogP contribution < -0.4 is 10.5 Å². The Morgan fingerprint density at radius 2 is 2.05 bits per heavy atom. The number of benzene rings is 1. The minimum Gasteiger partial charge on any atom is -0.508 e. The Kier molecular flexibility index (Phi) is 3.36. The van der Waals surface area contributed by atoms with Crippen LogP contribution in [0.1, 0.15) is 13.8 Å². The predicted molar refractivity (Wildman–Crippen MR) is 86.9 cm³/mol. The molecule has 0 aliphatic rings. The van der Waals surface area contributed by atoms with Crippen LogP contribution in [0.25, 0.3) is 16.7 Å². The molecule has 0 saturated heterocycles. The number of aromatic hydroxyl groups is 1. The van der Waals surface area contributed by atoms with E-state index in [1.807, 2.05) is 30.1 Å². The van der Waals surface area contributed by atoms with Gasteiger partial charge in [0.1, 0.15) is 5.75 Å². The lowest BCUT2D eigenvalue weighted by Gasteiger charge is -2.19. The molecule has 2 N–H and O–H groups in total. The van der Waals surface area contributed by atoms with E-state index in [9.17, 15) is 9.90 Å². The molecule has 0 bridgehead atoms. The highest BCUT2D eigenvalue weighted by Crippen LogP contribution is 2.20. The van der Waals surface area contributed by atoms with Gasteiger partial charge in [-0.3, -0.25) is 9.36 Å². The van der Waals surface area contributed by atoms with Gasteiger partial charge in [-0.15, -0.1) is 0 Å². The van der Waals surface area contributed by atoms with Crippen LogP contribution in [0.4, 0.5) is 5.95 Å². The molecular weight excluding hydrogens is 280 g/mol. The summed E-state index contributed by atoms with van der Waals surface area (Å²) in [7, 11) is 1.98. The molecule has 0 saturated carbocycles. The Morgan fingerprint density at radius 3 is 2.73 bits per heavy atom. The first kappa shape index (κ1) is 14.2. The number of rotatable bonds is 3. The average molecular weight is 298 g/mol. The summed E-state index contributed by atoms with van der Waals surface area (Å²) in [6.45, 7) is 4.18. The summed E-state index contributed by atoms with van der Waals surface area (Å²) in [4.78, 5) is 21.8. The first-order valence-electron chi connectivity index (χ1n) is 7.10. The third kappa shape index (κ3) is 2.43. The van der Waals surface area contributed by atoms with Gasteiger partial charge in [0.05, 0.1) is 16.7 Å². The summed E-state index contributed by atoms with van der Waals surface area (Å²) in [6, 6.07) is 8.59. The molecule has 0 spiro atoms. The SMILES string of the molecule is CC(C)N(C)c1nc2ccc(-n3ccc(O)cc3=O)cc2[nH]1. The number of hydrogen-bond donors (Lipinski definition) is 2. The van der Waals surface area contributed by atoms with Gasteiger partial charge in [0.15, 0.2) is 0 Å². The lowest BCUT2D eigenvalue weighted by molar-refractivity contribution is 0.473. The number of pyridine rings is 1. The summed E-state index contributed by atoms with van der Waals surface area (Å²) >= 11 is 0. The number of nitrogens with one attached hydrogen (secondary N) is 1. The highest BCUT2D eigenvalue weighted by atomic mass is 16.3. The smallest absolute Gasteiger partial charge is 0.258 e. The largest absolute Gasteiger partial charge is 0.508 e. The fraction of sp³-hybridized carbons (Fsp3) is 0.250. The first-order chi connectivity index (χ1) is 10.5. The Bertz CT molecular complexity index is 879. The quantitative estimate of drug-likeness (QED) is 0.778. The molecule has 114 valence electrons. The Hall–Kier alpha value is -2.76. The summed E-state index contributed by atoms with van der Waals surface area (Å²) in [6.07, 6.45) is 1.55. The molecule has 0 aliphatic carbocycles. The van der Waals surface area contributed by atoms with Crippen LogP contribution in [-0.4, -0.2) is 32.7 Å². The van der Waals surface area contributed by atoms with E-state index in [0.29, 0.717) is 6.04 Å². The second kappa shape index (κ2) is 5.22. The first-order valence-corrected chi connectivity index (χ1v) is 7.10. The van der Waals surface area contributed by atoms with E-state index in [-0.39, 0.29) is 11.3 Å². The normalized spacial score (nSPS) is 11.3. The van der Waals surface area contributed by atoms with Gasteiger partial charge in [0.2, 0.25) is 5.95 Å². The number of hydrogen-bond acceptors (Lipinski definition) is 4. The van der Waals surface area contributed by atoms with Crippen molar-refractivity contribution < 1.29 is 5.11 Å². The highest BCUT2D eigenvalue weighted by Gasteiger charge is 2.11. The van der Waals surface area contributed by atoms with Crippen LogP contribution in [0.15, 0.2) is 41.3 Å². The third-order valence-corrected chi connectivity index (χ3v) is 3.74. The van der Waals surface area contributed by atoms with Gasteiger partial charge in [-0.1, -0.05) is 0 Å². The molecule has 0 aliphatic heterocycles. The zero-order valence-electron chi connectivity index (χ0n) is 12.7. The van der Waals surface area contributed by atoms with E-state index in [4.69, 9.17) is 0 Å². The number of anilines is 1. The minimum absolute atomic E-state index is 0.0373. The number of H-pyrrole nitrogens is 1.